The minimum atomic E-state index is -0.845. The highest BCUT2D eigenvalue weighted by Crippen LogP contribution is 2.44. The third kappa shape index (κ3) is 3.56. The molecule has 6 nitrogen and oxygen atoms in total. The maximum absolute atomic E-state index is 13.3. The van der Waals surface area contributed by atoms with E-state index >= 15 is 0 Å². The van der Waals surface area contributed by atoms with Gasteiger partial charge in [-0.25, -0.2) is 4.98 Å². The molecule has 164 valence electrons. The number of nitrogens with zero attached hydrogens (tertiary/aromatic N) is 2. The average Bonchev–Trinajstić information content (AvgIpc) is 3.37. The Balaban J connectivity index is 1.74. The van der Waals surface area contributed by atoms with Crippen molar-refractivity contribution in [2.75, 3.05) is 12.0 Å². The van der Waals surface area contributed by atoms with E-state index in [9.17, 15) is 14.7 Å². The Hall–Kier alpha value is -3.97. The molecule has 1 N–H and O–H groups in total. The first-order valence-corrected chi connectivity index (χ1v) is 11.2. The molecule has 0 aliphatic carbocycles. The molecule has 1 saturated heterocycles. The molecule has 1 aromatic heterocycles. The van der Waals surface area contributed by atoms with E-state index in [0.29, 0.717) is 22.0 Å². The van der Waals surface area contributed by atoms with Crippen molar-refractivity contribution in [2.24, 2.45) is 0 Å². The predicted molar refractivity (Wildman–Crippen MR) is 129 cm³/mol. The fourth-order valence-electron chi connectivity index (χ4n) is 4.03. The lowest BCUT2D eigenvalue weighted by molar-refractivity contribution is -0.132. The van der Waals surface area contributed by atoms with Crippen LogP contribution in [0.1, 0.15) is 22.7 Å². The molecular formula is C26H20N2O4S. The van der Waals surface area contributed by atoms with Crippen molar-refractivity contribution in [1.82, 2.24) is 4.98 Å². The number of hydrogen-bond acceptors (Lipinski definition) is 6. The molecule has 1 aliphatic heterocycles. The number of ether oxygens (including phenoxy) is 1. The Morgan fingerprint density at radius 3 is 2.58 bits per heavy atom. The van der Waals surface area contributed by atoms with Crippen LogP contribution in [-0.2, 0) is 9.59 Å². The number of thiazole rings is 1. The summed E-state index contributed by atoms with van der Waals surface area (Å²) in [6.07, 6.45) is 0. The van der Waals surface area contributed by atoms with Crippen molar-refractivity contribution in [2.45, 2.75) is 13.0 Å². The summed E-state index contributed by atoms with van der Waals surface area (Å²) < 4.78 is 6.29. The van der Waals surface area contributed by atoms with Crippen molar-refractivity contribution in [3.63, 3.8) is 0 Å². The highest BCUT2D eigenvalue weighted by atomic mass is 32.1. The summed E-state index contributed by atoms with van der Waals surface area (Å²) in [7, 11) is 1.55. The first kappa shape index (κ1) is 20.9. The number of carbonyl (C=O) groups excluding carboxylic acids is 2. The van der Waals surface area contributed by atoms with Crippen molar-refractivity contribution < 1.29 is 19.4 Å². The lowest BCUT2D eigenvalue weighted by Crippen LogP contribution is -2.29. The zero-order valence-electron chi connectivity index (χ0n) is 18.0. The van der Waals surface area contributed by atoms with Crippen LogP contribution in [0.25, 0.3) is 16.0 Å². The fourth-order valence-corrected chi connectivity index (χ4v) is 5.12. The van der Waals surface area contributed by atoms with Crippen LogP contribution in [0.15, 0.2) is 78.4 Å². The second-order valence-electron chi connectivity index (χ2n) is 7.78. The zero-order chi connectivity index (χ0) is 23.1. The molecule has 33 heavy (non-hydrogen) atoms. The molecule has 1 atom stereocenters. The average molecular weight is 457 g/mol. The molecule has 1 amide bonds. The summed E-state index contributed by atoms with van der Waals surface area (Å²) in [5, 5.41) is 11.5. The molecule has 5 rings (SSSR count). The number of anilines is 1. The van der Waals surface area contributed by atoms with Gasteiger partial charge in [-0.2, -0.15) is 0 Å². The van der Waals surface area contributed by atoms with Gasteiger partial charge in [-0.3, -0.25) is 14.5 Å². The number of carbonyl (C=O) groups is 2. The van der Waals surface area contributed by atoms with E-state index < -0.39 is 17.7 Å². The summed E-state index contributed by atoms with van der Waals surface area (Å²) in [5.41, 5.74) is 2.95. The minimum Gasteiger partial charge on any atom is -0.507 e. The summed E-state index contributed by atoms with van der Waals surface area (Å²) in [5.74, 6) is -1.12. The monoisotopic (exact) mass is 456 g/mol. The number of rotatable bonds is 4. The van der Waals surface area contributed by atoms with Gasteiger partial charge >= 0.3 is 5.91 Å². The number of benzene rings is 3. The van der Waals surface area contributed by atoms with E-state index in [1.54, 1.807) is 49.6 Å². The maximum Gasteiger partial charge on any atom is 0.301 e. The van der Waals surface area contributed by atoms with Crippen LogP contribution in [0.3, 0.4) is 0 Å². The Labute approximate surface area is 194 Å². The van der Waals surface area contributed by atoms with E-state index in [2.05, 4.69) is 4.98 Å². The molecule has 2 heterocycles. The lowest BCUT2D eigenvalue weighted by atomic mass is 9.95. The van der Waals surface area contributed by atoms with E-state index in [-0.39, 0.29) is 11.3 Å². The Morgan fingerprint density at radius 1 is 1.03 bits per heavy atom. The highest BCUT2D eigenvalue weighted by Gasteiger charge is 2.48. The van der Waals surface area contributed by atoms with Gasteiger partial charge in [0.1, 0.15) is 11.5 Å². The number of Topliss-reactive ketones (excluding diaryl/α,β-unsaturated/α-hetero) is 1. The van der Waals surface area contributed by atoms with Gasteiger partial charge in [0.15, 0.2) is 5.13 Å². The SMILES string of the molecule is COc1cccc([C@@H]2C(=C(O)c3ccccc3)C(=O)C(=O)N2c2nc3ccc(C)cc3s2)c1. The van der Waals surface area contributed by atoms with Crippen molar-refractivity contribution in [3.05, 3.63) is 95.1 Å². The van der Waals surface area contributed by atoms with Crippen molar-refractivity contribution in [1.29, 1.82) is 0 Å². The van der Waals surface area contributed by atoms with Crippen LogP contribution in [-0.4, -0.2) is 28.9 Å². The fraction of sp³-hybridized carbons (Fsp3) is 0.115. The number of aromatic nitrogens is 1. The summed E-state index contributed by atoms with van der Waals surface area (Å²) in [4.78, 5) is 32.6. The standard InChI is InChI=1S/C26H20N2O4S/c1-15-11-12-19-20(13-15)33-26(27-19)28-22(17-9-6-10-18(14-17)32-2)21(24(30)25(28)31)23(29)16-7-4-3-5-8-16/h3-14,22,29H,1-2H3/t22-/m1/s1. The molecular weight excluding hydrogens is 436 g/mol. The van der Waals surface area contributed by atoms with E-state index in [4.69, 9.17) is 4.74 Å². The van der Waals surface area contributed by atoms with Gasteiger partial charge in [-0.15, -0.1) is 0 Å². The van der Waals surface area contributed by atoms with Gasteiger partial charge < -0.3 is 9.84 Å². The number of methoxy groups -OCH3 is 1. The molecule has 0 spiro atoms. The largest absolute Gasteiger partial charge is 0.507 e. The topological polar surface area (TPSA) is 79.7 Å². The van der Waals surface area contributed by atoms with Crippen LogP contribution in [0.4, 0.5) is 5.13 Å². The highest BCUT2D eigenvalue weighted by molar-refractivity contribution is 7.22. The lowest BCUT2D eigenvalue weighted by Gasteiger charge is -2.23. The summed E-state index contributed by atoms with van der Waals surface area (Å²) in [6, 6.07) is 20.9. The number of fused-ring (bicyclic) bond motifs is 1. The second kappa shape index (κ2) is 8.18. The van der Waals surface area contributed by atoms with E-state index in [1.807, 2.05) is 37.3 Å². The van der Waals surface area contributed by atoms with Gasteiger partial charge in [0.25, 0.3) is 5.78 Å². The molecule has 1 aliphatic rings. The van der Waals surface area contributed by atoms with Crippen LogP contribution < -0.4 is 9.64 Å². The molecule has 4 aromatic rings. The van der Waals surface area contributed by atoms with Gasteiger partial charge in [-0.05, 0) is 42.3 Å². The van der Waals surface area contributed by atoms with Crippen LogP contribution in [0, 0.1) is 6.92 Å². The van der Waals surface area contributed by atoms with Crippen molar-refractivity contribution >= 4 is 44.1 Å². The van der Waals surface area contributed by atoms with Crippen LogP contribution >= 0.6 is 11.3 Å². The smallest absolute Gasteiger partial charge is 0.301 e. The van der Waals surface area contributed by atoms with Crippen LogP contribution in [0.2, 0.25) is 0 Å². The normalized spacial score (nSPS) is 17.6. The third-order valence-electron chi connectivity index (χ3n) is 5.64. The molecule has 0 saturated carbocycles. The number of aliphatic hydroxyl groups is 1. The van der Waals surface area contributed by atoms with Gasteiger partial charge in [0, 0.05) is 5.56 Å². The zero-order valence-corrected chi connectivity index (χ0v) is 18.8. The van der Waals surface area contributed by atoms with Crippen molar-refractivity contribution in [3.8, 4) is 5.75 Å². The third-order valence-corrected chi connectivity index (χ3v) is 6.66. The minimum absolute atomic E-state index is 0.0230. The van der Waals surface area contributed by atoms with Gasteiger partial charge in [0.05, 0.1) is 28.9 Å². The molecule has 0 unspecified atom stereocenters. The molecule has 3 aromatic carbocycles. The summed E-state index contributed by atoms with van der Waals surface area (Å²) >= 11 is 1.34. The van der Waals surface area contributed by atoms with E-state index in [1.165, 1.54) is 16.2 Å². The van der Waals surface area contributed by atoms with E-state index in [0.717, 1.165) is 15.8 Å². The predicted octanol–water partition coefficient (Wildman–Crippen LogP) is 5.24. The molecule has 0 bridgehead atoms. The Morgan fingerprint density at radius 2 is 1.82 bits per heavy atom. The number of hydrogen-bond donors (Lipinski definition) is 1. The van der Waals surface area contributed by atoms with Gasteiger partial charge in [0.2, 0.25) is 0 Å². The maximum atomic E-state index is 13.3. The summed E-state index contributed by atoms with van der Waals surface area (Å²) in [6.45, 7) is 1.99. The first-order chi connectivity index (χ1) is 16.0. The number of aryl methyl sites for hydroxylation is 1. The molecule has 7 heteroatoms. The second-order valence-corrected chi connectivity index (χ2v) is 8.79. The van der Waals surface area contributed by atoms with Crippen LogP contribution in [0.5, 0.6) is 5.75 Å². The Bertz CT molecular complexity index is 1420. The van der Waals surface area contributed by atoms with Gasteiger partial charge in [-0.1, -0.05) is 59.9 Å². The number of aliphatic hydroxyl groups excluding tert-OH is 1. The Kier molecular flexibility index (Phi) is 5.18. The number of ketones is 1. The quantitative estimate of drug-likeness (QED) is 0.258. The molecule has 0 radical (unpaired) electrons. The molecule has 1 fully saturated rings. The first-order valence-electron chi connectivity index (χ1n) is 10.4. The number of amides is 1.